The van der Waals surface area contributed by atoms with Crippen LogP contribution in [0.1, 0.15) is 19.8 Å². The Kier molecular flexibility index (Phi) is 7.81. The predicted octanol–water partition coefficient (Wildman–Crippen LogP) is 0.266. The first-order valence-electron chi connectivity index (χ1n) is 6.99. The van der Waals surface area contributed by atoms with Crippen molar-refractivity contribution >= 4 is 0 Å². The molecule has 4 nitrogen and oxygen atoms in total. The molecule has 0 heterocycles. The lowest BCUT2D eigenvalue weighted by molar-refractivity contribution is -2.00. The molecule has 23 heavy (non-hydrogen) atoms. The van der Waals surface area contributed by atoms with E-state index in [1.165, 1.54) is 22.3 Å². The highest BCUT2D eigenvalue weighted by Gasteiger charge is 2.11. The molecule has 0 aromatic carbocycles. The Labute approximate surface area is 139 Å². The monoisotopic (exact) mass is 334 g/mol. The number of allylic oxidation sites excluding steroid dienone is 13. The van der Waals surface area contributed by atoms with Crippen LogP contribution in [0.4, 0.5) is 0 Å². The molecule has 0 N–H and O–H groups in total. The smallest absolute Gasteiger partial charge is 0.0500 e. The lowest BCUT2D eigenvalue weighted by Crippen LogP contribution is -2.68. The van der Waals surface area contributed by atoms with Gasteiger partial charge in [-0.2, -0.15) is 0 Å². The molecule has 122 valence electrons. The van der Waals surface area contributed by atoms with E-state index in [-0.39, 0.29) is 0 Å². The number of hydrogen-bond donors (Lipinski definition) is 0. The van der Waals surface area contributed by atoms with Gasteiger partial charge in [-0.1, -0.05) is 30.9 Å². The minimum absolute atomic E-state index is 0.951. The molecule has 0 aromatic rings. The minimum Gasteiger partial charge on any atom is -0.222 e. The summed E-state index contributed by atoms with van der Waals surface area (Å²) in [5.74, 6) is 0. The topological polar surface area (TPSA) is 92.2 Å². The zero-order valence-corrected chi connectivity index (χ0v) is 13.7. The molecule has 0 atom stereocenters. The number of fused-ring (bicyclic) bond motifs is 2. The first kappa shape index (κ1) is 19.2. The molecular formula is C18H19ClO4. The van der Waals surface area contributed by atoms with Gasteiger partial charge in [0.2, 0.25) is 0 Å². The second-order valence-corrected chi connectivity index (χ2v) is 5.69. The molecule has 0 saturated carbocycles. The van der Waals surface area contributed by atoms with Crippen molar-refractivity contribution < 1.29 is 28.9 Å². The Hall–Kier alpha value is -1.82. The molecule has 0 amide bonds. The third kappa shape index (κ3) is 9.03. The van der Waals surface area contributed by atoms with Crippen molar-refractivity contribution in [1.82, 2.24) is 0 Å². The maximum atomic E-state index is 8.49. The van der Waals surface area contributed by atoms with E-state index in [0.717, 1.165) is 12.8 Å². The zero-order chi connectivity index (χ0) is 17.3. The standard InChI is InChI=1S/C18H19.ClHO4/c1-3-8-16-11-15(4-2)12-17-9-6-5-7-10-18(13-16)14-17;2-1(3,4)5/h3-10,12-13H,2,11,14H2,1H3;(H,2,3,4,5)/q+1;/p-1/b7-5-,8-3-,15-12-,16-13-,17-9-,18-10-;. The second-order valence-electron chi connectivity index (χ2n) is 4.93. The van der Waals surface area contributed by atoms with Gasteiger partial charge in [0.1, 0.15) is 0 Å². The van der Waals surface area contributed by atoms with Gasteiger partial charge in [0, 0.05) is 42.7 Å². The fourth-order valence-electron chi connectivity index (χ4n) is 2.24. The summed E-state index contributed by atoms with van der Waals surface area (Å²) < 4.78 is 34.0. The van der Waals surface area contributed by atoms with Crippen LogP contribution >= 0.6 is 0 Å². The lowest BCUT2D eigenvalue weighted by Gasteiger charge is -2.17. The van der Waals surface area contributed by atoms with E-state index >= 15 is 0 Å². The number of halogens is 1. The van der Waals surface area contributed by atoms with Crippen molar-refractivity contribution in [3.63, 3.8) is 0 Å². The van der Waals surface area contributed by atoms with Crippen LogP contribution in [-0.2, 0) is 0 Å². The Balaban J connectivity index is 0.000000463. The van der Waals surface area contributed by atoms with Crippen LogP contribution in [0.25, 0.3) is 0 Å². The van der Waals surface area contributed by atoms with Gasteiger partial charge in [0.25, 0.3) is 0 Å². The van der Waals surface area contributed by atoms with Crippen LogP contribution in [0.15, 0.2) is 83.6 Å². The van der Waals surface area contributed by atoms with Gasteiger partial charge in [-0.05, 0) is 36.1 Å². The molecule has 2 bridgehead atoms. The van der Waals surface area contributed by atoms with E-state index in [2.05, 4.69) is 68.5 Å². The summed E-state index contributed by atoms with van der Waals surface area (Å²) in [6.45, 7) is 5.97. The highest BCUT2D eigenvalue weighted by atomic mass is 35.7. The predicted molar refractivity (Wildman–Crippen MR) is 80.0 cm³/mol. The summed E-state index contributed by atoms with van der Waals surface area (Å²) in [5, 5.41) is 0. The first-order valence-corrected chi connectivity index (χ1v) is 8.23. The molecule has 0 radical (unpaired) electrons. The summed E-state index contributed by atoms with van der Waals surface area (Å²) in [7, 11) is -4.94. The molecule has 2 aliphatic carbocycles. The summed E-state index contributed by atoms with van der Waals surface area (Å²) in [6.07, 6.45) is 23.4. The van der Waals surface area contributed by atoms with E-state index in [1.54, 1.807) is 0 Å². The van der Waals surface area contributed by atoms with Crippen LogP contribution in [0.2, 0.25) is 0 Å². The minimum atomic E-state index is -4.94. The summed E-state index contributed by atoms with van der Waals surface area (Å²) >= 11 is 0. The van der Waals surface area contributed by atoms with Crippen LogP contribution in [-0.4, -0.2) is 0 Å². The van der Waals surface area contributed by atoms with E-state index in [0.29, 0.717) is 0 Å². The largest absolute Gasteiger partial charge is 0.222 e. The van der Waals surface area contributed by atoms with Gasteiger partial charge < -0.3 is 0 Å². The summed E-state index contributed by atoms with van der Waals surface area (Å²) in [5.41, 5.74) is 5.32. The third-order valence-electron chi connectivity index (χ3n) is 3.04. The average Bonchev–Trinajstić information content (AvgIpc) is 2.37. The molecular weight excluding hydrogens is 316 g/mol. The molecule has 5 heteroatoms. The molecule has 0 saturated heterocycles. The molecule has 0 unspecified atom stereocenters. The van der Waals surface area contributed by atoms with E-state index in [4.69, 9.17) is 18.6 Å². The van der Waals surface area contributed by atoms with Crippen molar-refractivity contribution in [2.75, 3.05) is 0 Å². The molecule has 0 spiro atoms. The van der Waals surface area contributed by atoms with E-state index in [1.807, 2.05) is 6.08 Å². The fourth-order valence-corrected chi connectivity index (χ4v) is 2.24. The third-order valence-corrected chi connectivity index (χ3v) is 3.04. The van der Waals surface area contributed by atoms with Gasteiger partial charge in [-0.25, -0.2) is 18.6 Å². The van der Waals surface area contributed by atoms with Crippen LogP contribution in [0, 0.1) is 16.7 Å². The normalized spacial score (nSPS) is 28.2. The first-order chi connectivity index (χ1) is 10.8. The molecule has 0 aromatic heterocycles. The Morgan fingerprint density at radius 1 is 1.09 bits per heavy atom. The van der Waals surface area contributed by atoms with Crippen molar-refractivity contribution in [2.24, 2.45) is 0 Å². The van der Waals surface area contributed by atoms with Crippen molar-refractivity contribution in [2.45, 2.75) is 19.8 Å². The van der Waals surface area contributed by atoms with Gasteiger partial charge in [-0.3, -0.25) is 0 Å². The number of hydrogen-bond acceptors (Lipinski definition) is 4. The summed E-state index contributed by atoms with van der Waals surface area (Å²) in [6, 6.07) is 0. The van der Waals surface area contributed by atoms with Gasteiger partial charge >= 0.3 is 0 Å². The van der Waals surface area contributed by atoms with E-state index in [9.17, 15) is 0 Å². The maximum Gasteiger partial charge on any atom is 0.0500 e. The molecule has 0 fully saturated rings. The SMILES string of the molecule is C=C/C1=C/C2=C/[CH+]\C=C/C=C(/C=C(/C=C\C)C1)C2.[O-][Cl+3]([O-])([O-])[O-]. The summed E-state index contributed by atoms with van der Waals surface area (Å²) in [4.78, 5) is 0. The van der Waals surface area contributed by atoms with Gasteiger partial charge in [-0.15, -0.1) is 10.2 Å². The quantitative estimate of drug-likeness (QED) is 0.677. The highest BCUT2D eigenvalue weighted by Crippen LogP contribution is 2.26. The second kappa shape index (κ2) is 9.35. The van der Waals surface area contributed by atoms with Crippen LogP contribution in [0.5, 0.6) is 0 Å². The zero-order valence-electron chi connectivity index (χ0n) is 12.9. The Morgan fingerprint density at radius 2 is 1.74 bits per heavy atom. The van der Waals surface area contributed by atoms with Crippen molar-refractivity contribution in [3.05, 3.63) is 90.0 Å². The van der Waals surface area contributed by atoms with Crippen LogP contribution < -0.4 is 18.6 Å². The van der Waals surface area contributed by atoms with Crippen LogP contribution in [0.3, 0.4) is 0 Å². The Morgan fingerprint density at radius 3 is 2.35 bits per heavy atom. The van der Waals surface area contributed by atoms with Gasteiger partial charge in [0.05, 0.1) is 0 Å². The van der Waals surface area contributed by atoms with E-state index < -0.39 is 10.2 Å². The molecule has 2 aliphatic rings. The Bertz CT molecular complexity index is 593. The number of rotatable bonds is 2. The highest BCUT2D eigenvalue weighted by molar-refractivity contribution is 5.47. The molecule has 0 aliphatic heterocycles. The average molecular weight is 335 g/mol. The van der Waals surface area contributed by atoms with Crippen molar-refractivity contribution in [1.29, 1.82) is 0 Å². The lowest BCUT2D eigenvalue weighted by atomic mass is 9.91. The molecule has 2 rings (SSSR count). The van der Waals surface area contributed by atoms with Crippen molar-refractivity contribution in [3.8, 4) is 0 Å². The fraction of sp³-hybridized carbons (Fsp3) is 0.167. The maximum absolute atomic E-state index is 8.49. The van der Waals surface area contributed by atoms with Gasteiger partial charge in [0.15, 0.2) is 0 Å².